The van der Waals surface area contributed by atoms with Crippen molar-refractivity contribution < 1.29 is 14.3 Å². The van der Waals surface area contributed by atoms with Gasteiger partial charge in [-0.05, 0) is 62.6 Å². The van der Waals surface area contributed by atoms with Gasteiger partial charge in [0.15, 0.2) is 0 Å². The van der Waals surface area contributed by atoms with Crippen LogP contribution in [-0.4, -0.2) is 64.4 Å². The van der Waals surface area contributed by atoms with E-state index in [4.69, 9.17) is 9.72 Å². The molecule has 33 heavy (non-hydrogen) atoms. The Morgan fingerprint density at radius 1 is 1.09 bits per heavy atom. The van der Waals surface area contributed by atoms with Crippen LogP contribution in [0.5, 0.6) is 5.75 Å². The maximum Gasteiger partial charge on any atom is 0.257 e. The number of piperidine rings is 1. The second-order valence-corrected chi connectivity index (χ2v) is 9.48. The molecule has 3 aliphatic heterocycles. The van der Waals surface area contributed by atoms with Gasteiger partial charge in [0.2, 0.25) is 5.91 Å². The van der Waals surface area contributed by atoms with Crippen molar-refractivity contribution in [2.45, 2.75) is 57.8 Å². The summed E-state index contributed by atoms with van der Waals surface area (Å²) >= 11 is 0. The highest BCUT2D eigenvalue weighted by atomic mass is 16.5. The van der Waals surface area contributed by atoms with E-state index in [1.165, 1.54) is 5.56 Å². The maximum atomic E-state index is 13.1. The van der Waals surface area contributed by atoms with Gasteiger partial charge in [-0.3, -0.25) is 9.59 Å². The lowest BCUT2D eigenvalue weighted by molar-refractivity contribution is -0.131. The molecule has 174 valence electrons. The predicted molar refractivity (Wildman–Crippen MR) is 124 cm³/mol. The molecule has 5 rings (SSSR count). The average molecular weight is 449 g/mol. The highest BCUT2D eigenvalue weighted by Crippen LogP contribution is 2.28. The summed E-state index contributed by atoms with van der Waals surface area (Å²) in [5.74, 6) is 1.99. The Hall–Kier alpha value is -2.96. The number of likely N-dealkylation sites (tertiary alicyclic amines) is 2. The molecular formula is C26H32N4O3. The van der Waals surface area contributed by atoms with Crippen molar-refractivity contribution in [3.05, 3.63) is 52.6 Å². The zero-order valence-electron chi connectivity index (χ0n) is 19.4. The summed E-state index contributed by atoms with van der Waals surface area (Å²) < 4.78 is 5.69. The monoisotopic (exact) mass is 448 g/mol. The fraction of sp³-hybridized carbons (Fsp3) is 0.538. The third kappa shape index (κ3) is 4.72. The zero-order chi connectivity index (χ0) is 22.8. The number of rotatable bonds is 4. The first-order valence-electron chi connectivity index (χ1n) is 12.2. The van der Waals surface area contributed by atoms with Gasteiger partial charge in [-0.25, -0.2) is 9.97 Å². The largest absolute Gasteiger partial charge is 0.493 e. The van der Waals surface area contributed by atoms with Crippen LogP contribution in [0.2, 0.25) is 0 Å². The minimum atomic E-state index is 0.0347. The maximum absolute atomic E-state index is 13.1. The summed E-state index contributed by atoms with van der Waals surface area (Å²) in [7, 11) is 0. The number of carbonyl (C=O) groups excluding carboxylic acids is 2. The van der Waals surface area contributed by atoms with Crippen LogP contribution in [0.3, 0.4) is 0 Å². The first kappa shape index (κ1) is 21.9. The van der Waals surface area contributed by atoms with E-state index in [0.717, 1.165) is 87.6 Å². The molecule has 1 atom stereocenters. The van der Waals surface area contributed by atoms with Gasteiger partial charge in [0.1, 0.15) is 11.6 Å². The van der Waals surface area contributed by atoms with Crippen molar-refractivity contribution in [3.8, 4) is 5.75 Å². The molecule has 1 unspecified atom stereocenters. The molecule has 7 nitrogen and oxygen atoms in total. The second-order valence-electron chi connectivity index (χ2n) is 9.48. The third-order valence-corrected chi connectivity index (χ3v) is 7.09. The topological polar surface area (TPSA) is 75.6 Å². The van der Waals surface area contributed by atoms with Crippen molar-refractivity contribution >= 4 is 11.8 Å². The SMILES string of the molecule is Cc1nc(C2CCCN(C(=O)Cc3ccc4c(c3)CCCO4)C2)ncc1C(=O)N1CCCC1. The first-order chi connectivity index (χ1) is 16.1. The Bertz CT molecular complexity index is 1050. The molecule has 2 fully saturated rings. The van der Waals surface area contributed by atoms with Gasteiger partial charge >= 0.3 is 0 Å². The molecule has 0 bridgehead atoms. The first-order valence-corrected chi connectivity index (χ1v) is 12.2. The van der Waals surface area contributed by atoms with E-state index in [9.17, 15) is 9.59 Å². The lowest BCUT2D eigenvalue weighted by atomic mass is 9.96. The smallest absolute Gasteiger partial charge is 0.257 e. The number of nitrogens with zero attached hydrogens (tertiary/aromatic N) is 4. The van der Waals surface area contributed by atoms with E-state index < -0.39 is 0 Å². The minimum absolute atomic E-state index is 0.0347. The van der Waals surface area contributed by atoms with Gasteiger partial charge in [0.05, 0.1) is 24.3 Å². The molecule has 3 aliphatic rings. The molecule has 0 N–H and O–H groups in total. The van der Waals surface area contributed by atoms with Crippen LogP contribution in [0.4, 0.5) is 0 Å². The third-order valence-electron chi connectivity index (χ3n) is 7.09. The lowest BCUT2D eigenvalue weighted by Crippen LogP contribution is -2.40. The number of aryl methyl sites for hydroxylation is 2. The van der Waals surface area contributed by atoms with Crippen molar-refractivity contribution in [1.82, 2.24) is 19.8 Å². The number of hydrogen-bond acceptors (Lipinski definition) is 5. The van der Waals surface area contributed by atoms with Gasteiger partial charge in [0, 0.05) is 38.3 Å². The minimum Gasteiger partial charge on any atom is -0.493 e. The van der Waals surface area contributed by atoms with Crippen LogP contribution < -0.4 is 4.74 Å². The number of hydrogen-bond donors (Lipinski definition) is 0. The van der Waals surface area contributed by atoms with Crippen LogP contribution >= 0.6 is 0 Å². The van der Waals surface area contributed by atoms with Crippen LogP contribution in [-0.2, 0) is 17.6 Å². The van der Waals surface area contributed by atoms with Crippen LogP contribution in [0.15, 0.2) is 24.4 Å². The number of carbonyl (C=O) groups is 2. The van der Waals surface area contributed by atoms with Crippen LogP contribution in [0.1, 0.15) is 71.0 Å². The Balaban J connectivity index is 1.24. The lowest BCUT2D eigenvalue weighted by Gasteiger charge is -2.32. The molecule has 0 radical (unpaired) electrons. The summed E-state index contributed by atoms with van der Waals surface area (Å²) in [6.07, 6.45) is 8.15. The molecule has 1 aromatic heterocycles. The van der Waals surface area contributed by atoms with Crippen molar-refractivity contribution in [3.63, 3.8) is 0 Å². The van der Waals surface area contributed by atoms with E-state index in [0.29, 0.717) is 18.5 Å². The van der Waals surface area contributed by atoms with Crippen LogP contribution in [0.25, 0.3) is 0 Å². The molecule has 0 spiro atoms. The normalized spacial score (nSPS) is 20.3. The zero-order valence-corrected chi connectivity index (χ0v) is 19.4. The fourth-order valence-electron chi connectivity index (χ4n) is 5.21. The molecule has 2 saturated heterocycles. The molecule has 0 aliphatic carbocycles. The van der Waals surface area contributed by atoms with E-state index in [-0.39, 0.29) is 17.7 Å². The van der Waals surface area contributed by atoms with E-state index in [2.05, 4.69) is 11.1 Å². The van der Waals surface area contributed by atoms with Crippen molar-refractivity contribution in [1.29, 1.82) is 0 Å². The summed E-state index contributed by atoms with van der Waals surface area (Å²) in [6, 6.07) is 6.13. The second kappa shape index (κ2) is 9.49. The summed E-state index contributed by atoms with van der Waals surface area (Å²) in [5.41, 5.74) is 3.58. The van der Waals surface area contributed by atoms with Gasteiger partial charge in [-0.1, -0.05) is 12.1 Å². The molecule has 4 heterocycles. The number of fused-ring (bicyclic) bond motifs is 1. The predicted octanol–water partition coefficient (Wildman–Crippen LogP) is 3.29. The Kier molecular flexibility index (Phi) is 6.29. The summed E-state index contributed by atoms with van der Waals surface area (Å²) in [5, 5.41) is 0. The molecule has 0 saturated carbocycles. The van der Waals surface area contributed by atoms with E-state index >= 15 is 0 Å². The molecule has 2 amide bonds. The van der Waals surface area contributed by atoms with Gasteiger partial charge in [0.25, 0.3) is 5.91 Å². The quantitative estimate of drug-likeness (QED) is 0.717. The van der Waals surface area contributed by atoms with Gasteiger partial charge in [-0.15, -0.1) is 0 Å². The molecular weight excluding hydrogens is 416 g/mol. The standard InChI is InChI=1S/C26H32N4O3/c1-18-22(26(32)29-10-2-3-11-29)16-27-25(28-18)21-6-4-12-30(17-21)24(31)15-19-8-9-23-20(14-19)7-5-13-33-23/h8-9,14,16,21H,2-7,10-13,15,17H2,1H3. The fourth-order valence-corrected chi connectivity index (χ4v) is 5.21. The van der Waals surface area contributed by atoms with E-state index in [1.807, 2.05) is 28.9 Å². The van der Waals surface area contributed by atoms with Crippen molar-refractivity contribution in [2.24, 2.45) is 0 Å². The molecule has 7 heteroatoms. The van der Waals surface area contributed by atoms with Crippen molar-refractivity contribution in [2.75, 3.05) is 32.8 Å². The number of amides is 2. The average Bonchev–Trinajstić information content (AvgIpc) is 3.39. The number of ether oxygens (including phenoxy) is 1. The Morgan fingerprint density at radius 3 is 2.73 bits per heavy atom. The highest BCUT2D eigenvalue weighted by molar-refractivity contribution is 5.95. The highest BCUT2D eigenvalue weighted by Gasteiger charge is 2.28. The number of aromatic nitrogens is 2. The number of benzene rings is 1. The Morgan fingerprint density at radius 2 is 1.91 bits per heavy atom. The molecule has 2 aromatic rings. The Labute approximate surface area is 195 Å². The van der Waals surface area contributed by atoms with Gasteiger partial charge < -0.3 is 14.5 Å². The summed E-state index contributed by atoms with van der Waals surface area (Å²) in [4.78, 5) is 38.9. The summed E-state index contributed by atoms with van der Waals surface area (Å²) in [6.45, 7) is 5.70. The van der Waals surface area contributed by atoms with E-state index in [1.54, 1.807) is 6.20 Å². The van der Waals surface area contributed by atoms with Crippen LogP contribution in [0, 0.1) is 6.92 Å². The van der Waals surface area contributed by atoms with Gasteiger partial charge in [-0.2, -0.15) is 0 Å². The molecule has 1 aromatic carbocycles.